The summed E-state index contributed by atoms with van der Waals surface area (Å²) < 4.78 is 0. The summed E-state index contributed by atoms with van der Waals surface area (Å²) in [6.45, 7) is 0.905. The third kappa shape index (κ3) is 1.18. The topological polar surface area (TPSA) is 29.1 Å². The molecule has 0 aromatic carbocycles. The minimum absolute atomic E-state index is 0.0832. The molecule has 68 valence electrons. The van der Waals surface area contributed by atoms with E-state index < -0.39 is 0 Å². The molecule has 0 radical (unpaired) electrons. The maximum absolute atomic E-state index is 11.9. The first-order valence-electron chi connectivity index (χ1n) is 4.97. The maximum Gasteiger partial charge on any atom is 0.143 e. The average molecular weight is 167 g/mol. The Morgan fingerprint density at radius 3 is 2.50 bits per heavy atom. The number of carbonyl (C=O) groups excluding carboxylic acids is 1. The third-order valence-electron chi connectivity index (χ3n) is 3.37. The van der Waals surface area contributed by atoms with Gasteiger partial charge in [0.2, 0.25) is 0 Å². The second-order valence-corrected chi connectivity index (χ2v) is 4.30. The van der Waals surface area contributed by atoms with Crippen LogP contribution in [0.2, 0.25) is 0 Å². The molecule has 0 heterocycles. The fourth-order valence-electron chi connectivity index (χ4n) is 2.10. The predicted octanol–water partition coefficient (Wildman–Crippen LogP) is 1.36. The monoisotopic (exact) mass is 167 g/mol. The van der Waals surface area contributed by atoms with Gasteiger partial charge in [0, 0.05) is 17.9 Å². The van der Waals surface area contributed by atoms with Crippen molar-refractivity contribution in [3.05, 3.63) is 0 Å². The summed E-state index contributed by atoms with van der Waals surface area (Å²) >= 11 is 0. The fraction of sp³-hybridized carbons (Fsp3) is 0.900. The average Bonchev–Trinajstić information content (AvgIpc) is 2.66. The van der Waals surface area contributed by atoms with Crippen LogP contribution in [0, 0.1) is 11.3 Å². The number of ketones is 1. The molecule has 0 atom stereocenters. The minimum Gasteiger partial charge on any atom is -0.319 e. The number of carbonyl (C=O) groups is 1. The van der Waals surface area contributed by atoms with Crippen molar-refractivity contribution in [1.29, 1.82) is 0 Å². The molecular weight excluding hydrogens is 150 g/mol. The van der Waals surface area contributed by atoms with Gasteiger partial charge in [-0.25, -0.2) is 0 Å². The first kappa shape index (κ1) is 8.24. The molecule has 2 rings (SSSR count). The fourth-order valence-corrected chi connectivity index (χ4v) is 2.10. The lowest BCUT2D eigenvalue weighted by atomic mass is 9.76. The number of hydrogen-bond acceptors (Lipinski definition) is 2. The van der Waals surface area contributed by atoms with Crippen molar-refractivity contribution in [1.82, 2.24) is 5.32 Å². The second kappa shape index (κ2) is 2.84. The van der Waals surface area contributed by atoms with Crippen LogP contribution in [0.1, 0.15) is 32.1 Å². The SMILES string of the molecule is CNCC1(C(=O)C2CCC2)CC1. The van der Waals surface area contributed by atoms with Crippen molar-refractivity contribution >= 4 is 5.78 Å². The van der Waals surface area contributed by atoms with Gasteiger partial charge in [0.05, 0.1) is 0 Å². The van der Waals surface area contributed by atoms with E-state index in [-0.39, 0.29) is 5.41 Å². The van der Waals surface area contributed by atoms with Gasteiger partial charge in [-0.05, 0) is 32.7 Å². The number of Topliss-reactive ketones (excluding diaryl/α,β-unsaturated/α-hetero) is 1. The Balaban J connectivity index is 1.93. The Morgan fingerprint density at radius 2 is 2.17 bits per heavy atom. The van der Waals surface area contributed by atoms with Gasteiger partial charge < -0.3 is 5.32 Å². The number of rotatable bonds is 4. The molecule has 2 aliphatic carbocycles. The molecule has 1 N–H and O–H groups in total. The highest BCUT2D eigenvalue weighted by molar-refractivity contribution is 5.90. The molecule has 0 bridgehead atoms. The standard InChI is InChI=1S/C10H17NO/c1-11-7-10(5-6-10)9(12)8-3-2-4-8/h8,11H,2-7H2,1H3. The van der Waals surface area contributed by atoms with E-state index in [2.05, 4.69) is 5.32 Å². The van der Waals surface area contributed by atoms with E-state index in [1.807, 2.05) is 7.05 Å². The Bertz CT molecular complexity index is 192. The molecular formula is C10H17NO. The van der Waals surface area contributed by atoms with Crippen LogP contribution in [-0.2, 0) is 4.79 Å². The quantitative estimate of drug-likeness (QED) is 0.685. The summed E-state index contributed by atoms with van der Waals surface area (Å²) in [4.78, 5) is 11.9. The Labute approximate surface area is 73.7 Å². The third-order valence-corrected chi connectivity index (χ3v) is 3.37. The van der Waals surface area contributed by atoms with Crippen LogP contribution in [0.15, 0.2) is 0 Å². The van der Waals surface area contributed by atoms with Gasteiger partial charge in [-0.1, -0.05) is 6.42 Å². The number of hydrogen-bond donors (Lipinski definition) is 1. The Hall–Kier alpha value is -0.370. The molecule has 0 aromatic heterocycles. The van der Waals surface area contributed by atoms with Crippen LogP contribution in [0.25, 0.3) is 0 Å². The highest BCUT2D eigenvalue weighted by atomic mass is 16.1. The maximum atomic E-state index is 11.9. The van der Waals surface area contributed by atoms with Gasteiger partial charge in [0.1, 0.15) is 5.78 Å². The first-order valence-corrected chi connectivity index (χ1v) is 4.97. The predicted molar refractivity (Wildman–Crippen MR) is 47.9 cm³/mol. The molecule has 2 aliphatic rings. The number of nitrogens with one attached hydrogen (secondary N) is 1. The molecule has 0 amide bonds. The van der Waals surface area contributed by atoms with Crippen molar-refractivity contribution in [2.24, 2.45) is 11.3 Å². The zero-order valence-electron chi connectivity index (χ0n) is 7.73. The summed E-state index contributed by atoms with van der Waals surface area (Å²) in [5.74, 6) is 0.990. The summed E-state index contributed by atoms with van der Waals surface area (Å²) in [5.41, 5.74) is 0.0832. The highest BCUT2D eigenvalue weighted by Gasteiger charge is 2.51. The van der Waals surface area contributed by atoms with Crippen molar-refractivity contribution in [3.8, 4) is 0 Å². The lowest BCUT2D eigenvalue weighted by Crippen LogP contribution is -2.35. The molecule has 2 saturated carbocycles. The normalized spacial score (nSPS) is 26.4. The molecule has 12 heavy (non-hydrogen) atoms. The van der Waals surface area contributed by atoms with Crippen molar-refractivity contribution in [2.45, 2.75) is 32.1 Å². The molecule has 0 aliphatic heterocycles. The second-order valence-electron chi connectivity index (χ2n) is 4.30. The van der Waals surface area contributed by atoms with Crippen LogP contribution in [0.3, 0.4) is 0 Å². The van der Waals surface area contributed by atoms with Gasteiger partial charge in [0.25, 0.3) is 0 Å². The van der Waals surface area contributed by atoms with Crippen LogP contribution < -0.4 is 5.32 Å². The van der Waals surface area contributed by atoms with Gasteiger partial charge in [-0.3, -0.25) is 4.79 Å². The summed E-state index contributed by atoms with van der Waals surface area (Å²) in [7, 11) is 1.94. The Morgan fingerprint density at radius 1 is 1.50 bits per heavy atom. The minimum atomic E-state index is 0.0832. The molecule has 0 saturated heterocycles. The zero-order valence-corrected chi connectivity index (χ0v) is 7.73. The van der Waals surface area contributed by atoms with Crippen molar-refractivity contribution in [2.75, 3.05) is 13.6 Å². The van der Waals surface area contributed by atoms with E-state index >= 15 is 0 Å². The first-order chi connectivity index (χ1) is 5.78. The van der Waals surface area contributed by atoms with Gasteiger partial charge in [-0.2, -0.15) is 0 Å². The highest BCUT2D eigenvalue weighted by Crippen LogP contribution is 2.50. The van der Waals surface area contributed by atoms with E-state index in [0.29, 0.717) is 11.7 Å². The van der Waals surface area contributed by atoms with Crippen LogP contribution >= 0.6 is 0 Å². The largest absolute Gasteiger partial charge is 0.319 e. The molecule has 2 heteroatoms. The van der Waals surface area contributed by atoms with Crippen LogP contribution in [0.5, 0.6) is 0 Å². The smallest absolute Gasteiger partial charge is 0.143 e. The van der Waals surface area contributed by atoms with Gasteiger partial charge >= 0.3 is 0 Å². The molecule has 0 aromatic rings. The van der Waals surface area contributed by atoms with E-state index in [4.69, 9.17) is 0 Å². The Kier molecular flexibility index (Phi) is 1.95. The van der Waals surface area contributed by atoms with E-state index in [1.54, 1.807) is 0 Å². The summed E-state index contributed by atoms with van der Waals surface area (Å²) in [6.07, 6.45) is 5.84. The van der Waals surface area contributed by atoms with E-state index in [1.165, 1.54) is 6.42 Å². The molecule has 2 nitrogen and oxygen atoms in total. The molecule has 0 unspecified atom stereocenters. The summed E-state index contributed by atoms with van der Waals surface area (Å²) in [6, 6.07) is 0. The van der Waals surface area contributed by atoms with Crippen LogP contribution in [0.4, 0.5) is 0 Å². The lowest BCUT2D eigenvalue weighted by Gasteiger charge is -2.28. The lowest BCUT2D eigenvalue weighted by molar-refractivity contribution is -0.130. The van der Waals surface area contributed by atoms with Gasteiger partial charge in [0.15, 0.2) is 0 Å². The zero-order chi connectivity index (χ0) is 8.60. The van der Waals surface area contributed by atoms with Crippen LogP contribution in [-0.4, -0.2) is 19.4 Å². The van der Waals surface area contributed by atoms with Crippen molar-refractivity contribution < 1.29 is 4.79 Å². The molecule has 2 fully saturated rings. The van der Waals surface area contributed by atoms with E-state index in [9.17, 15) is 4.79 Å². The summed E-state index contributed by atoms with van der Waals surface area (Å²) in [5, 5.41) is 3.13. The van der Waals surface area contributed by atoms with Gasteiger partial charge in [-0.15, -0.1) is 0 Å². The van der Waals surface area contributed by atoms with Crippen molar-refractivity contribution in [3.63, 3.8) is 0 Å². The van der Waals surface area contributed by atoms with E-state index in [0.717, 1.165) is 32.2 Å². The molecule has 0 spiro atoms.